The predicted molar refractivity (Wildman–Crippen MR) is 264 cm³/mol. The molecule has 12 rings (SSSR count). The zero-order chi connectivity index (χ0) is 41.0. The lowest BCUT2D eigenvalue weighted by Gasteiger charge is -2.26. The van der Waals surface area contributed by atoms with Gasteiger partial charge in [0.05, 0.1) is 11.0 Å². The van der Waals surface area contributed by atoms with E-state index in [9.17, 15) is 0 Å². The number of hydrogen-bond donors (Lipinski definition) is 0. The molecule has 0 aliphatic heterocycles. The van der Waals surface area contributed by atoms with Gasteiger partial charge in [-0.2, -0.15) is 0 Å². The molecule has 11 aromatic carbocycles. The average Bonchev–Trinajstić information content (AvgIpc) is 3.69. The Balaban J connectivity index is 1.00. The van der Waals surface area contributed by atoms with Crippen molar-refractivity contribution >= 4 is 71.2 Å². The second-order valence-electron chi connectivity index (χ2n) is 16.1. The van der Waals surface area contributed by atoms with Gasteiger partial charge in [-0.05, 0) is 126 Å². The van der Waals surface area contributed by atoms with E-state index in [1.54, 1.807) is 0 Å². The number of hydrogen-bond acceptors (Lipinski definition) is 1. The first-order valence-corrected chi connectivity index (χ1v) is 21.3. The normalized spacial score (nSPS) is 11.5. The molecule has 0 saturated carbocycles. The molecule has 12 aromatic rings. The van der Waals surface area contributed by atoms with Gasteiger partial charge in [0.25, 0.3) is 0 Å². The van der Waals surface area contributed by atoms with Gasteiger partial charge in [-0.15, -0.1) is 0 Å². The minimum atomic E-state index is 1.09. The van der Waals surface area contributed by atoms with Crippen molar-refractivity contribution in [3.05, 3.63) is 243 Å². The van der Waals surface area contributed by atoms with Crippen LogP contribution < -0.4 is 4.90 Å². The number of aromatic nitrogens is 1. The van der Waals surface area contributed by atoms with E-state index in [0.29, 0.717) is 0 Å². The number of para-hydroxylation sites is 2. The Morgan fingerprint density at radius 2 is 0.742 bits per heavy atom. The van der Waals surface area contributed by atoms with Crippen LogP contribution in [0.15, 0.2) is 243 Å². The Morgan fingerprint density at radius 1 is 0.274 bits per heavy atom. The van der Waals surface area contributed by atoms with Gasteiger partial charge < -0.3 is 9.47 Å². The van der Waals surface area contributed by atoms with Gasteiger partial charge in [0, 0.05) is 33.5 Å². The fourth-order valence-corrected chi connectivity index (χ4v) is 9.71. The molecule has 0 radical (unpaired) electrons. The lowest BCUT2D eigenvalue weighted by Crippen LogP contribution is -2.10. The molecule has 0 aliphatic rings. The molecule has 0 aliphatic carbocycles. The topological polar surface area (TPSA) is 8.17 Å². The van der Waals surface area contributed by atoms with Crippen LogP contribution in [0, 0.1) is 0 Å². The van der Waals surface area contributed by atoms with Gasteiger partial charge in [0.1, 0.15) is 0 Å². The first-order valence-electron chi connectivity index (χ1n) is 21.3. The van der Waals surface area contributed by atoms with Crippen molar-refractivity contribution in [3.63, 3.8) is 0 Å². The van der Waals surface area contributed by atoms with Gasteiger partial charge in [-0.3, -0.25) is 0 Å². The fourth-order valence-electron chi connectivity index (χ4n) is 9.71. The molecule has 2 nitrogen and oxygen atoms in total. The summed E-state index contributed by atoms with van der Waals surface area (Å²) in [5, 5.41) is 9.98. The van der Waals surface area contributed by atoms with Gasteiger partial charge in [0.15, 0.2) is 0 Å². The Kier molecular flexibility index (Phi) is 8.53. The van der Waals surface area contributed by atoms with Gasteiger partial charge in [-0.1, -0.05) is 182 Å². The molecular formula is C60H40N2. The fraction of sp³-hybridized carbons (Fsp3) is 0. The first-order chi connectivity index (χ1) is 30.8. The van der Waals surface area contributed by atoms with Gasteiger partial charge >= 0.3 is 0 Å². The summed E-state index contributed by atoms with van der Waals surface area (Å²) in [5.41, 5.74) is 14.1. The second kappa shape index (κ2) is 14.8. The lowest BCUT2D eigenvalue weighted by molar-refractivity contribution is 1.18. The number of benzene rings is 11. The maximum atomic E-state index is 2.40. The Morgan fingerprint density at radius 3 is 1.42 bits per heavy atom. The Labute approximate surface area is 360 Å². The maximum absolute atomic E-state index is 2.40. The van der Waals surface area contributed by atoms with Gasteiger partial charge in [0.2, 0.25) is 0 Å². The number of rotatable bonds is 7. The van der Waals surface area contributed by atoms with Gasteiger partial charge in [-0.25, -0.2) is 0 Å². The standard InChI is InChI=1S/C60H40N2/c1-3-14-41(15-4-1)52-23-11-17-46-18-12-24-53(59(46)52)43-30-35-48(36-31-43)61(50-39-34-45-29-28-42-16-7-8-21-51(42)56(45)40-50)49-37-32-44(33-38-49)54-25-13-27-58-60(54)55-22-9-10-26-57(55)62(58)47-19-5-2-6-20-47/h1-40H. The van der Waals surface area contributed by atoms with E-state index in [2.05, 4.69) is 252 Å². The molecule has 0 unspecified atom stereocenters. The minimum Gasteiger partial charge on any atom is -0.310 e. The van der Waals surface area contributed by atoms with E-state index < -0.39 is 0 Å². The van der Waals surface area contributed by atoms with E-state index in [-0.39, 0.29) is 0 Å². The first kappa shape index (κ1) is 35.7. The third-order valence-corrected chi connectivity index (χ3v) is 12.6. The smallest absolute Gasteiger partial charge is 0.0547 e. The van der Waals surface area contributed by atoms with Crippen LogP contribution in [0.5, 0.6) is 0 Å². The third kappa shape index (κ3) is 5.96. The zero-order valence-corrected chi connectivity index (χ0v) is 34.0. The molecule has 62 heavy (non-hydrogen) atoms. The van der Waals surface area contributed by atoms with Crippen LogP contribution in [-0.2, 0) is 0 Å². The van der Waals surface area contributed by atoms with Crippen molar-refractivity contribution in [2.75, 3.05) is 4.90 Å². The van der Waals surface area contributed by atoms with Crippen molar-refractivity contribution in [3.8, 4) is 39.1 Å². The summed E-state index contributed by atoms with van der Waals surface area (Å²) < 4.78 is 2.39. The number of nitrogens with zero attached hydrogens (tertiary/aromatic N) is 2. The monoisotopic (exact) mass is 788 g/mol. The quantitative estimate of drug-likeness (QED) is 0.146. The summed E-state index contributed by atoms with van der Waals surface area (Å²) in [6.07, 6.45) is 0. The molecule has 0 fully saturated rings. The summed E-state index contributed by atoms with van der Waals surface area (Å²) in [6, 6.07) is 88.4. The van der Waals surface area contributed by atoms with Crippen molar-refractivity contribution in [2.45, 2.75) is 0 Å². The molecule has 0 amide bonds. The highest BCUT2D eigenvalue weighted by atomic mass is 15.1. The van der Waals surface area contributed by atoms with E-state index in [1.165, 1.54) is 87.5 Å². The number of fused-ring (bicyclic) bond motifs is 7. The summed E-state index contributed by atoms with van der Waals surface area (Å²) in [4.78, 5) is 2.40. The van der Waals surface area contributed by atoms with Crippen LogP contribution in [0.4, 0.5) is 17.1 Å². The van der Waals surface area contributed by atoms with Crippen LogP contribution in [0.3, 0.4) is 0 Å². The highest BCUT2D eigenvalue weighted by Gasteiger charge is 2.19. The molecule has 0 atom stereocenters. The summed E-state index contributed by atoms with van der Waals surface area (Å²) >= 11 is 0. The Hall–Kier alpha value is -8.20. The van der Waals surface area contributed by atoms with E-state index in [0.717, 1.165) is 22.7 Å². The van der Waals surface area contributed by atoms with Crippen LogP contribution in [-0.4, -0.2) is 4.57 Å². The molecule has 1 aromatic heterocycles. The lowest BCUT2D eigenvalue weighted by atomic mass is 9.91. The molecule has 0 N–H and O–H groups in total. The van der Waals surface area contributed by atoms with Crippen molar-refractivity contribution < 1.29 is 0 Å². The molecule has 290 valence electrons. The molecule has 0 saturated heterocycles. The van der Waals surface area contributed by atoms with E-state index in [4.69, 9.17) is 0 Å². The van der Waals surface area contributed by atoms with Crippen molar-refractivity contribution in [1.82, 2.24) is 4.57 Å². The predicted octanol–water partition coefficient (Wildman–Crippen LogP) is 16.7. The summed E-state index contributed by atoms with van der Waals surface area (Å²) in [7, 11) is 0. The number of anilines is 3. The highest BCUT2D eigenvalue weighted by molar-refractivity contribution is 6.16. The van der Waals surface area contributed by atoms with Crippen molar-refractivity contribution in [2.24, 2.45) is 0 Å². The largest absolute Gasteiger partial charge is 0.310 e. The van der Waals surface area contributed by atoms with Crippen molar-refractivity contribution in [1.29, 1.82) is 0 Å². The van der Waals surface area contributed by atoms with E-state index >= 15 is 0 Å². The summed E-state index contributed by atoms with van der Waals surface area (Å²) in [6.45, 7) is 0. The second-order valence-corrected chi connectivity index (χ2v) is 16.1. The highest BCUT2D eigenvalue weighted by Crippen LogP contribution is 2.43. The maximum Gasteiger partial charge on any atom is 0.0547 e. The zero-order valence-electron chi connectivity index (χ0n) is 34.0. The average molecular weight is 789 g/mol. The molecule has 0 bridgehead atoms. The molecular weight excluding hydrogens is 749 g/mol. The molecule has 2 heteroatoms. The van der Waals surface area contributed by atoms with Crippen LogP contribution in [0.25, 0.3) is 93.2 Å². The van der Waals surface area contributed by atoms with Crippen LogP contribution in [0.1, 0.15) is 0 Å². The minimum absolute atomic E-state index is 1.09. The molecule has 0 spiro atoms. The third-order valence-electron chi connectivity index (χ3n) is 12.6. The SMILES string of the molecule is c1ccc(-c2cccc3cccc(-c4ccc(N(c5ccc(-c6cccc7c6c6ccccc6n7-c6ccccc6)cc5)c5ccc6ccc7ccccc7c6c5)cc4)c23)cc1. The summed E-state index contributed by atoms with van der Waals surface area (Å²) in [5.74, 6) is 0. The van der Waals surface area contributed by atoms with E-state index in [1.807, 2.05) is 0 Å². The van der Waals surface area contributed by atoms with Crippen LogP contribution in [0.2, 0.25) is 0 Å². The van der Waals surface area contributed by atoms with Crippen LogP contribution >= 0.6 is 0 Å². The Bertz CT molecular complexity index is 3600. The molecule has 1 heterocycles.